The molecular weight excluding hydrogens is 477 g/mol. The van der Waals surface area contributed by atoms with Crippen LogP contribution in [0.3, 0.4) is 0 Å². The zero-order valence-corrected chi connectivity index (χ0v) is 20.0. The Hall–Kier alpha value is -2.36. The molecule has 0 aliphatic rings. The number of hydrogen-bond acceptors (Lipinski definition) is 3. The van der Waals surface area contributed by atoms with Crippen molar-refractivity contribution in [3.63, 3.8) is 0 Å². The highest BCUT2D eigenvalue weighted by molar-refractivity contribution is 14.0. The average Bonchev–Trinajstić information content (AvgIpc) is 3.29. The SMILES string of the molecule is CN=C(NCc1ccn(-c2ccccc2)n1)N(C)Cc1cn(C)nc1C(C)C.I. The molecule has 8 heteroatoms. The summed E-state index contributed by atoms with van der Waals surface area (Å²) >= 11 is 0. The quantitative estimate of drug-likeness (QED) is 0.315. The number of rotatable bonds is 6. The first-order valence-corrected chi connectivity index (χ1v) is 9.52. The minimum absolute atomic E-state index is 0. The van der Waals surface area contributed by atoms with Crippen molar-refractivity contribution in [2.75, 3.05) is 14.1 Å². The maximum atomic E-state index is 4.64. The van der Waals surface area contributed by atoms with Crippen LogP contribution >= 0.6 is 24.0 Å². The first kappa shape index (κ1) is 22.9. The lowest BCUT2D eigenvalue weighted by molar-refractivity contribution is 0.472. The van der Waals surface area contributed by atoms with Gasteiger partial charge < -0.3 is 10.2 Å². The second-order valence-electron chi connectivity index (χ2n) is 7.21. The van der Waals surface area contributed by atoms with E-state index < -0.39 is 0 Å². The van der Waals surface area contributed by atoms with Crippen molar-refractivity contribution < 1.29 is 0 Å². The summed E-state index contributed by atoms with van der Waals surface area (Å²) < 4.78 is 3.76. The number of benzene rings is 1. The lowest BCUT2D eigenvalue weighted by Gasteiger charge is -2.22. The Bertz CT molecular complexity index is 928. The molecule has 2 aromatic heterocycles. The number of aromatic nitrogens is 4. The minimum atomic E-state index is 0. The molecule has 0 unspecified atom stereocenters. The molecule has 0 fully saturated rings. The van der Waals surface area contributed by atoms with Gasteiger partial charge in [0.25, 0.3) is 0 Å². The van der Waals surface area contributed by atoms with E-state index in [1.165, 1.54) is 5.56 Å². The van der Waals surface area contributed by atoms with Crippen LogP contribution in [0.15, 0.2) is 53.8 Å². The second kappa shape index (κ2) is 10.4. The van der Waals surface area contributed by atoms with Crippen molar-refractivity contribution >= 4 is 29.9 Å². The van der Waals surface area contributed by atoms with E-state index in [1.807, 2.05) is 66.1 Å². The maximum Gasteiger partial charge on any atom is 0.194 e. The summed E-state index contributed by atoms with van der Waals surface area (Å²) in [6.45, 7) is 5.70. The van der Waals surface area contributed by atoms with Gasteiger partial charge in [0.1, 0.15) is 0 Å². The molecular formula is C21H30IN7. The van der Waals surface area contributed by atoms with Crippen LogP contribution in [0, 0.1) is 0 Å². The lowest BCUT2D eigenvalue weighted by atomic mass is 10.1. The second-order valence-corrected chi connectivity index (χ2v) is 7.21. The van der Waals surface area contributed by atoms with E-state index in [2.05, 4.69) is 45.5 Å². The van der Waals surface area contributed by atoms with E-state index in [0.717, 1.165) is 29.6 Å². The first-order chi connectivity index (χ1) is 13.5. The fourth-order valence-corrected chi connectivity index (χ4v) is 3.23. The molecule has 0 amide bonds. The highest BCUT2D eigenvalue weighted by Gasteiger charge is 2.15. The van der Waals surface area contributed by atoms with Crippen molar-refractivity contribution in [2.24, 2.45) is 12.0 Å². The smallest absolute Gasteiger partial charge is 0.194 e. The van der Waals surface area contributed by atoms with Crippen molar-refractivity contribution in [2.45, 2.75) is 32.9 Å². The van der Waals surface area contributed by atoms with Gasteiger partial charge >= 0.3 is 0 Å². The third-order valence-electron chi connectivity index (χ3n) is 4.56. The molecule has 3 rings (SSSR count). The number of guanidine groups is 1. The highest BCUT2D eigenvalue weighted by Crippen LogP contribution is 2.18. The van der Waals surface area contributed by atoms with Gasteiger partial charge in [0.15, 0.2) is 5.96 Å². The zero-order valence-electron chi connectivity index (χ0n) is 17.7. The molecule has 1 N–H and O–H groups in total. The summed E-state index contributed by atoms with van der Waals surface area (Å²) in [5, 5.41) is 12.6. The molecule has 0 bridgehead atoms. The normalized spacial score (nSPS) is 11.4. The molecule has 0 atom stereocenters. The van der Waals surface area contributed by atoms with Crippen LogP contribution in [0.4, 0.5) is 0 Å². The molecule has 1 aromatic carbocycles. The molecule has 0 spiro atoms. The highest BCUT2D eigenvalue weighted by atomic mass is 127. The van der Waals surface area contributed by atoms with Gasteiger partial charge in [0.2, 0.25) is 0 Å². The Morgan fingerprint density at radius 1 is 1.17 bits per heavy atom. The third-order valence-corrected chi connectivity index (χ3v) is 4.56. The van der Waals surface area contributed by atoms with Crippen molar-refractivity contribution in [1.29, 1.82) is 0 Å². The van der Waals surface area contributed by atoms with Crippen LogP contribution < -0.4 is 5.32 Å². The van der Waals surface area contributed by atoms with Gasteiger partial charge in [-0.3, -0.25) is 9.67 Å². The van der Waals surface area contributed by atoms with Crippen LogP contribution in [0.5, 0.6) is 0 Å². The molecule has 2 heterocycles. The lowest BCUT2D eigenvalue weighted by Crippen LogP contribution is -2.38. The Labute approximate surface area is 189 Å². The molecule has 0 radical (unpaired) electrons. The topological polar surface area (TPSA) is 63.3 Å². The van der Waals surface area contributed by atoms with E-state index in [4.69, 9.17) is 0 Å². The number of hydrogen-bond donors (Lipinski definition) is 1. The standard InChI is InChI=1S/C21H29N7.HI/c1-16(2)20-17(15-27(5)25-20)14-26(4)21(22-3)23-13-18-11-12-28(24-18)19-9-7-6-8-10-19;/h6-12,15-16H,13-14H2,1-5H3,(H,22,23);1H. The van der Waals surface area contributed by atoms with E-state index in [9.17, 15) is 0 Å². The summed E-state index contributed by atoms with van der Waals surface area (Å²) in [4.78, 5) is 6.52. The number of nitrogens with zero attached hydrogens (tertiary/aromatic N) is 6. The van der Waals surface area contributed by atoms with Gasteiger partial charge in [0.05, 0.1) is 23.6 Å². The number of nitrogens with one attached hydrogen (secondary N) is 1. The summed E-state index contributed by atoms with van der Waals surface area (Å²) in [6.07, 6.45) is 4.06. The van der Waals surface area contributed by atoms with E-state index in [-0.39, 0.29) is 24.0 Å². The molecule has 0 aliphatic heterocycles. The van der Waals surface area contributed by atoms with Crippen LogP contribution in [-0.2, 0) is 20.1 Å². The van der Waals surface area contributed by atoms with Gasteiger partial charge in [-0.1, -0.05) is 32.0 Å². The van der Waals surface area contributed by atoms with Crippen LogP contribution in [-0.4, -0.2) is 44.5 Å². The predicted molar refractivity (Wildman–Crippen MR) is 128 cm³/mol. The predicted octanol–water partition coefficient (Wildman–Crippen LogP) is 3.55. The molecule has 3 aromatic rings. The van der Waals surface area contributed by atoms with Crippen LogP contribution in [0.25, 0.3) is 5.69 Å². The summed E-state index contributed by atoms with van der Waals surface area (Å²) in [7, 11) is 5.80. The summed E-state index contributed by atoms with van der Waals surface area (Å²) in [5.74, 6) is 1.22. The third kappa shape index (κ3) is 5.81. The van der Waals surface area contributed by atoms with Crippen LogP contribution in [0.1, 0.15) is 36.7 Å². The Kier molecular flexibility index (Phi) is 8.24. The Morgan fingerprint density at radius 2 is 1.90 bits per heavy atom. The van der Waals surface area contributed by atoms with Crippen LogP contribution in [0.2, 0.25) is 0 Å². The van der Waals surface area contributed by atoms with Gasteiger partial charge in [-0.2, -0.15) is 10.2 Å². The van der Waals surface area contributed by atoms with E-state index >= 15 is 0 Å². The minimum Gasteiger partial charge on any atom is -0.351 e. The van der Waals surface area contributed by atoms with Gasteiger partial charge in [-0.15, -0.1) is 24.0 Å². The van der Waals surface area contributed by atoms with Gasteiger partial charge in [-0.05, 0) is 24.1 Å². The largest absolute Gasteiger partial charge is 0.351 e. The Balaban J connectivity index is 0.00000300. The summed E-state index contributed by atoms with van der Waals surface area (Å²) in [6, 6.07) is 12.1. The number of aryl methyl sites for hydroxylation is 1. The number of para-hydroxylation sites is 1. The first-order valence-electron chi connectivity index (χ1n) is 9.52. The van der Waals surface area contributed by atoms with Crippen molar-refractivity contribution in [3.05, 3.63) is 65.7 Å². The molecule has 156 valence electrons. The van der Waals surface area contributed by atoms with E-state index in [1.54, 1.807) is 7.05 Å². The van der Waals surface area contributed by atoms with Gasteiger partial charge in [0, 0.05) is 45.6 Å². The molecule has 0 saturated carbocycles. The molecule has 0 saturated heterocycles. The van der Waals surface area contributed by atoms with Gasteiger partial charge in [-0.25, -0.2) is 4.68 Å². The molecule has 7 nitrogen and oxygen atoms in total. The number of aliphatic imine (C=N–C) groups is 1. The average molecular weight is 507 g/mol. The van der Waals surface area contributed by atoms with E-state index in [0.29, 0.717) is 12.5 Å². The zero-order chi connectivity index (χ0) is 20.1. The fourth-order valence-electron chi connectivity index (χ4n) is 3.23. The maximum absolute atomic E-state index is 4.64. The van der Waals surface area contributed by atoms with Crippen molar-refractivity contribution in [3.8, 4) is 5.69 Å². The summed E-state index contributed by atoms with van der Waals surface area (Å²) in [5.41, 5.74) is 4.36. The molecule has 0 aliphatic carbocycles. The Morgan fingerprint density at radius 3 is 2.55 bits per heavy atom. The monoisotopic (exact) mass is 507 g/mol. The number of halogens is 1. The fraction of sp³-hybridized carbons (Fsp3) is 0.381. The van der Waals surface area contributed by atoms with Crippen molar-refractivity contribution in [1.82, 2.24) is 29.8 Å². The molecule has 29 heavy (non-hydrogen) atoms.